The van der Waals surface area contributed by atoms with Gasteiger partial charge in [-0.3, -0.25) is 0 Å². The molecule has 9 heteroatoms. The van der Waals surface area contributed by atoms with Crippen LogP contribution >= 0.6 is 12.2 Å². The van der Waals surface area contributed by atoms with E-state index in [1.807, 2.05) is 31.1 Å². The lowest BCUT2D eigenvalue weighted by atomic mass is 9.91. The number of nitrogens with zero attached hydrogens (tertiary/aromatic N) is 3. The van der Waals surface area contributed by atoms with Crippen molar-refractivity contribution in [3.05, 3.63) is 42.1 Å². The van der Waals surface area contributed by atoms with Crippen LogP contribution in [0.5, 0.6) is 0 Å². The van der Waals surface area contributed by atoms with Crippen molar-refractivity contribution in [1.82, 2.24) is 15.3 Å². The summed E-state index contributed by atoms with van der Waals surface area (Å²) < 4.78 is 5.05. The van der Waals surface area contributed by atoms with Gasteiger partial charge in [-0.25, -0.2) is 9.78 Å². The summed E-state index contributed by atoms with van der Waals surface area (Å²) in [5.74, 6) is 1.22. The first kappa shape index (κ1) is 22.7. The lowest BCUT2D eigenvalue weighted by Gasteiger charge is -2.30. The van der Waals surface area contributed by atoms with Crippen LogP contribution < -0.4 is 20.9 Å². The zero-order valence-electron chi connectivity index (χ0n) is 18.2. The van der Waals surface area contributed by atoms with Gasteiger partial charge in [-0.05, 0) is 69.1 Å². The molecule has 8 nitrogen and oxygen atoms in total. The number of hydrogen-bond acceptors (Lipinski definition) is 7. The van der Waals surface area contributed by atoms with Gasteiger partial charge in [0.05, 0.1) is 12.2 Å². The summed E-state index contributed by atoms with van der Waals surface area (Å²) in [4.78, 5) is 22.7. The van der Waals surface area contributed by atoms with Crippen molar-refractivity contribution in [2.24, 2.45) is 0 Å². The molecule has 1 fully saturated rings. The number of carbonyl (C=O) groups excluding carboxylic acids is 1. The Labute approximate surface area is 188 Å². The standard InChI is InChI=1S/C22H30N6O2S/c1-4-30-20(29)15-6-5-7-18(14-15)26-22(31)25-17-10-8-16(9-11-17)24-21-23-13-12-19(27-21)28(2)3/h5-7,12-14,16-17H,4,8-11H2,1-3H3,(H,23,24,27)(H2,25,26,31). The third-order valence-electron chi connectivity index (χ3n) is 5.13. The quantitative estimate of drug-likeness (QED) is 0.441. The normalized spacial score (nSPS) is 18.0. The molecule has 2 aromatic rings. The largest absolute Gasteiger partial charge is 0.462 e. The van der Waals surface area contributed by atoms with E-state index in [0.717, 1.165) is 37.2 Å². The Bertz CT molecular complexity index is 899. The smallest absolute Gasteiger partial charge is 0.338 e. The first-order chi connectivity index (χ1) is 14.9. The van der Waals surface area contributed by atoms with E-state index in [1.165, 1.54) is 0 Å². The zero-order chi connectivity index (χ0) is 22.2. The number of nitrogens with one attached hydrogen (secondary N) is 3. The summed E-state index contributed by atoms with van der Waals surface area (Å²) >= 11 is 5.47. The molecule has 0 unspecified atom stereocenters. The summed E-state index contributed by atoms with van der Waals surface area (Å²) in [6, 6.07) is 9.70. The van der Waals surface area contributed by atoms with E-state index in [1.54, 1.807) is 31.3 Å². The van der Waals surface area contributed by atoms with E-state index in [4.69, 9.17) is 17.0 Å². The Morgan fingerprint density at radius 2 is 1.94 bits per heavy atom. The Morgan fingerprint density at radius 3 is 2.65 bits per heavy atom. The van der Waals surface area contributed by atoms with E-state index in [0.29, 0.717) is 35.3 Å². The molecule has 1 aliphatic carbocycles. The van der Waals surface area contributed by atoms with Gasteiger partial charge in [0.2, 0.25) is 5.95 Å². The minimum Gasteiger partial charge on any atom is -0.462 e. The van der Waals surface area contributed by atoms with Gasteiger partial charge in [0, 0.05) is 38.1 Å². The number of anilines is 3. The van der Waals surface area contributed by atoms with Gasteiger partial charge in [0.1, 0.15) is 5.82 Å². The lowest BCUT2D eigenvalue weighted by Crippen LogP contribution is -2.42. The van der Waals surface area contributed by atoms with Gasteiger partial charge < -0.3 is 25.6 Å². The van der Waals surface area contributed by atoms with Gasteiger partial charge in [0.15, 0.2) is 5.11 Å². The molecular weight excluding hydrogens is 412 g/mol. The SMILES string of the molecule is CCOC(=O)c1cccc(NC(=S)NC2CCC(Nc3nccc(N(C)C)n3)CC2)c1. The molecule has 3 N–H and O–H groups in total. The molecule has 0 aliphatic heterocycles. The molecule has 0 spiro atoms. The molecule has 1 heterocycles. The fraction of sp³-hybridized carbons (Fsp3) is 0.455. The van der Waals surface area contributed by atoms with Crippen LogP contribution in [-0.4, -0.2) is 53.8 Å². The summed E-state index contributed by atoms with van der Waals surface area (Å²) in [7, 11) is 3.93. The van der Waals surface area contributed by atoms with Crippen LogP contribution in [0, 0.1) is 0 Å². The molecule has 1 aromatic carbocycles. The molecule has 1 aliphatic rings. The summed E-state index contributed by atoms with van der Waals surface area (Å²) in [6.07, 6.45) is 5.78. The maximum Gasteiger partial charge on any atom is 0.338 e. The van der Waals surface area contributed by atoms with E-state index >= 15 is 0 Å². The van der Waals surface area contributed by atoms with Crippen LogP contribution in [0.15, 0.2) is 36.5 Å². The highest BCUT2D eigenvalue weighted by Crippen LogP contribution is 2.22. The van der Waals surface area contributed by atoms with Crippen LogP contribution in [0.2, 0.25) is 0 Å². The lowest BCUT2D eigenvalue weighted by molar-refractivity contribution is 0.0526. The third kappa shape index (κ3) is 6.78. The number of aromatic nitrogens is 2. The Balaban J connectivity index is 1.45. The predicted molar refractivity (Wildman–Crippen MR) is 128 cm³/mol. The van der Waals surface area contributed by atoms with Crippen LogP contribution in [0.3, 0.4) is 0 Å². The summed E-state index contributed by atoms with van der Waals surface area (Å²) in [5, 5.41) is 10.6. The van der Waals surface area contributed by atoms with Gasteiger partial charge in [-0.2, -0.15) is 4.98 Å². The predicted octanol–water partition coefficient (Wildman–Crippen LogP) is 3.43. The van der Waals surface area contributed by atoms with Crippen LogP contribution in [-0.2, 0) is 4.74 Å². The molecule has 0 amide bonds. The topological polar surface area (TPSA) is 91.4 Å². The Kier molecular flexibility index (Phi) is 8.00. The molecule has 0 radical (unpaired) electrons. The van der Waals surface area contributed by atoms with Crippen molar-refractivity contribution < 1.29 is 9.53 Å². The van der Waals surface area contributed by atoms with Crippen LogP contribution in [0.25, 0.3) is 0 Å². The van der Waals surface area contributed by atoms with Crippen molar-refractivity contribution in [3.63, 3.8) is 0 Å². The van der Waals surface area contributed by atoms with Crippen molar-refractivity contribution in [3.8, 4) is 0 Å². The average Bonchev–Trinajstić information content (AvgIpc) is 2.75. The number of rotatable bonds is 7. The van der Waals surface area contributed by atoms with Crippen molar-refractivity contribution in [2.75, 3.05) is 36.2 Å². The number of esters is 1. The number of benzene rings is 1. The van der Waals surface area contributed by atoms with E-state index in [9.17, 15) is 4.79 Å². The second kappa shape index (κ2) is 10.9. The highest BCUT2D eigenvalue weighted by atomic mass is 32.1. The minimum absolute atomic E-state index is 0.306. The van der Waals surface area contributed by atoms with Gasteiger partial charge in [0.25, 0.3) is 0 Å². The number of carbonyl (C=O) groups is 1. The maximum atomic E-state index is 11.9. The Hall–Kier alpha value is -2.94. The second-order valence-corrected chi connectivity index (χ2v) is 8.13. The molecule has 166 valence electrons. The average molecular weight is 443 g/mol. The molecule has 1 aromatic heterocycles. The fourth-order valence-corrected chi connectivity index (χ4v) is 3.81. The number of hydrogen-bond donors (Lipinski definition) is 3. The summed E-state index contributed by atoms with van der Waals surface area (Å²) in [5.41, 5.74) is 1.26. The highest BCUT2D eigenvalue weighted by molar-refractivity contribution is 7.80. The number of ether oxygens (including phenoxy) is 1. The van der Waals surface area contributed by atoms with Crippen LogP contribution in [0.1, 0.15) is 43.0 Å². The third-order valence-corrected chi connectivity index (χ3v) is 5.35. The van der Waals surface area contributed by atoms with Crippen molar-refractivity contribution >= 4 is 40.8 Å². The van der Waals surface area contributed by atoms with Gasteiger partial charge >= 0.3 is 5.97 Å². The monoisotopic (exact) mass is 442 g/mol. The fourth-order valence-electron chi connectivity index (χ4n) is 3.52. The molecule has 31 heavy (non-hydrogen) atoms. The Morgan fingerprint density at radius 1 is 1.19 bits per heavy atom. The summed E-state index contributed by atoms with van der Waals surface area (Å²) in [6.45, 7) is 2.14. The van der Waals surface area contributed by atoms with Crippen molar-refractivity contribution in [2.45, 2.75) is 44.7 Å². The van der Waals surface area contributed by atoms with E-state index in [2.05, 4.69) is 25.9 Å². The van der Waals surface area contributed by atoms with Crippen molar-refractivity contribution in [1.29, 1.82) is 0 Å². The minimum atomic E-state index is -0.337. The molecule has 0 saturated heterocycles. The van der Waals surface area contributed by atoms with E-state index in [-0.39, 0.29) is 5.97 Å². The first-order valence-corrected chi connectivity index (χ1v) is 11.0. The molecule has 1 saturated carbocycles. The molecule has 3 rings (SSSR count). The van der Waals surface area contributed by atoms with Gasteiger partial charge in [-0.1, -0.05) is 6.07 Å². The second-order valence-electron chi connectivity index (χ2n) is 7.73. The first-order valence-electron chi connectivity index (χ1n) is 10.6. The van der Waals surface area contributed by atoms with Gasteiger partial charge in [-0.15, -0.1) is 0 Å². The van der Waals surface area contributed by atoms with E-state index < -0.39 is 0 Å². The molecule has 0 atom stereocenters. The number of thiocarbonyl (C=S) groups is 1. The highest BCUT2D eigenvalue weighted by Gasteiger charge is 2.22. The van der Waals surface area contributed by atoms with Crippen LogP contribution in [0.4, 0.5) is 17.5 Å². The molecular formula is C22H30N6O2S. The zero-order valence-corrected chi connectivity index (χ0v) is 19.0. The maximum absolute atomic E-state index is 11.9. The molecule has 0 bridgehead atoms.